The first-order chi connectivity index (χ1) is 7.68. The first kappa shape index (κ1) is 10.9. The predicted octanol–water partition coefficient (Wildman–Crippen LogP) is 1.86. The van der Waals surface area contributed by atoms with Gasteiger partial charge in [-0.1, -0.05) is 18.2 Å². The van der Waals surface area contributed by atoms with Crippen molar-refractivity contribution in [1.82, 2.24) is 0 Å². The van der Waals surface area contributed by atoms with Crippen LogP contribution in [0.4, 0.5) is 10.1 Å². The van der Waals surface area contributed by atoms with Crippen molar-refractivity contribution < 1.29 is 14.3 Å². The van der Waals surface area contributed by atoms with Crippen molar-refractivity contribution in [2.45, 2.75) is 19.0 Å². The number of carbonyl (C=O) groups is 1. The van der Waals surface area contributed by atoms with Crippen molar-refractivity contribution in [3.8, 4) is 0 Å². The predicted molar refractivity (Wildman–Crippen MR) is 59.5 cm³/mol. The molecular formula is C12H14FNO2. The van der Waals surface area contributed by atoms with Gasteiger partial charge in [0.05, 0.1) is 6.54 Å². The minimum atomic E-state index is -1.81. The number of halogens is 1. The van der Waals surface area contributed by atoms with Gasteiger partial charge in [-0.3, -0.25) is 0 Å². The number of carboxylic acid groups (broad SMARTS) is 1. The van der Waals surface area contributed by atoms with Crippen LogP contribution in [0.3, 0.4) is 0 Å². The van der Waals surface area contributed by atoms with Crippen LogP contribution in [0.15, 0.2) is 24.3 Å². The average Bonchev–Trinajstić information content (AvgIpc) is 2.29. The maximum atomic E-state index is 13.2. The van der Waals surface area contributed by atoms with Gasteiger partial charge >= 0.3 is 5.97 Å². The number of benzene rings is 1. The third-order valence-electron chi connectivity index (χ3n) is 2.86. The van der Waals surface area contributed by atoms with Gasteiger partial charge in [-0.05, 0) is 24.5 Å². The van der Waals surface area contributed by atoms with Crippen LogP contribution in [0.25, 0.3) is 0 Å². The Kier molecular flexibility index (Phi) is 3.08. The third kappa shape index (κ3) is 2.15. The molecule has 0 aromatic heterocycles. The summed E-state index contributed by atoms with van der Waals surface area (Å²) in [5.41, 5.74) is 2.14. The van der Waals surface area contributed by atoms with E-state index in [1.54, 1.807) is 0 Å². The molecule has 3 nitrogen and oxygen atoms in total. The molecule has 0 saturated carbocycles. The summed E-state index contributed by atoms with van der Waals surface area (Å²) in [6.07, 6.45) is 0.117. The van der Waals surface area contributed by atoms with Gasteiger partial charge in [0.15, 0.2) is 0 Å². The van der Waals surface area contributed by atoms with Gasteiger partial charge < -0.3 is 10.0 Å². The summed E-state index contributed by atoms with van der Waals surface area (Å²) in [6, 6.07) is 7.77. The Morgan fingerprint density at radius 3 is 3.00 bits per heavy atom. The highest BCUT2D eigenvalue weighted by atomic mass is 19.1. The standard InChI is InChI=1S/C12H14FNO2/c13-10(12(15)16)8-14-7-3-5-9-4-1-2-6-11(9)14/h1-2,4,6,10H,3,5,7-8H2,(H,15,16). The molecule has 2 rings (SSSR count). The van der Waals surface area contributed by atoms with Crippen molar-refractivity contribution in [3.63, 3.8) is 0 Å². The topological polar surface area (TPSA) is 40.5 Å². The van der Waals surface area contributed by atoms with Crippen molar-refractivity contribution in [1.29, 1.82) is 0 Å². The summed E-state index contributed by atoms with van der Waals surface area (Å²) >= 11 is 0. The Bertz CT molecular complexity index is 394. The molecule has 1 atom stereocenters. The van der Waals surface area contributed by atoms with Crippen LogP contribution in [0.5, 0.6) is 0 Å². The first-order valence-electron chi connectivity index (χ1n) is 5.38. The fourth-order valence-electron chi connectivity index (χ4n) is 2.07. The lowest BCUT2D eigenvalue weighted by atomic mass is 10.0. The molecule has 1 aliphatic heterocycles. The maximum absolute atomic E-state index is 13.2. The molecule has 4 heteroatoms. The quantitative estimate of drug-likeness (QED) is 0.850. The normalized spacial score (nSPS) is 16.7. The number of hydrogen-bond acceptors (Lipinski definition) is 2. The van der Waals surface area contributed by atoms with Gasteiger partial charge in [0, 0.05) is 12.2 Å². The van der Waals surface area contributed by atoms with E-state index < -0.39 is 12.1 Å². The lowest BCUT2D eigenvalue weighted by Gasteiger charge is -2.31. The van der Waals surface area contributed by atoms with Crippen LogP contribution in [-0.4, -0.2) is 30.3 Å². The summed E-state index contributed by atoms with van der Waals surface area (Å²) in [6.45, 7) is 0.664. The van der Waals surface area contributed by atoms with Gasteiger partial charge in [0.1, 0.15) is 0 Å². The van der Waals surface area contributed by atoms with Crippen LogP contribution in [0.2, 0.25) is 0 Å². The lowest BCUT2D eigenvalue weighted by molar-refractivity contribution is -0.142. The molecule has 1 aromatic carbocycles. The number of fused-ring (bicyclic) bond motifs is 1. The van der Waals surface area contributed by atoms with Crippen molar-refractivity contribution in [2.24, 2.45) is 0 Å². The summed E-state index contributed by atoms with van der Waals surface area (Å²) in [5.74, 6) is -1.39. The molecule has 0 aliphatic carbocycles. The second-order valence-electron chi connectivity index (χ2n) is 3.98. The summed E-state index contributed by atoms with van der Waals surface area (Å²) in [7, 11) is 0. The zero-order valence-corrected chi connectivity index (χ0v) is 8.90. The van der Waals surface area contributed by atoms with E-state index in [-0.39, 0.29) is 6.54 Å². The number of carboxylic acids is 1. The molecule has 1 aromatic rings. The Labute approximate surface area is 93.5 Å². The largest absolute Gasteiger partial charge is 0.479 e. The molecule has 1 aliphatic rings. The number of hydrogen-bond donors (Lipinski definition) is 1. The van der Waals surface area contributed by atoms with Gasteiger partial charge in [0.25, 0.3) is 0 Å². The Hall–Kier alpha value is -1.58. The number of aryl methyl sites for hydroxylation is 1. The zero-order chi connectivity index (χ0) is 11.5. The van der Waals surface area contributed by atoms with E-state index in [9.17, 15) is 9.18 Å². The fourth-order valence-corrected chi connectivity index (χ4v) is 2.07. The molecule has 0 saturated heterocycles. The van der Waals surface area contributed by atoms with E-state index >= 15 is 0 Å². The summed E-state index contributed by atoms with van der Waals surface area (Å²) < 4.78 is 13.2. The third-order valence-corrected chi connectivity index (χ3v) is 2.86. The van der Waals surface area contributed by atoms with Crippen LogP contribution < -0.4 is 4.90 Å². The van der Waals surface area contributed by atoms with Crippen molar-refractivity contribution in [2.75, 3.05) is 18.0 Å². The molecule has 0 amide bonds. The summed E-state index contributed by atoms with van der Waals surface area (Å²) in [4.78, 5) is 12.3. The van der Waals surface area contributed by atoms with E-state index in [1.165, 1.54) is 5.56 Å². The SMILES string of the molecule is O=C(O)C(F)CN1CCCc2ccccc21. The Morgan fingerprint density at radius 1 is 1.50 bits per heavy atom. The highest BCUT2D eigenvalue weighted by molar-refractivity contribution is 5.73. The first-order valence-corrected chi connectivity index (χ1v) is 5.38. The van der Waals surface area contributed by atoms with Gasteiger partial charge in [0.2, 0.25) is 6.17 Å². The van der Waals surface area contributed by atoms with Gasteiger partial charge in [-0.25, -0.2) is 9.18 Å². The average molecular weight is 223 g/mol. The number of alkyl halides is 1. The molecule has 1 N–H and O–H groups in total. The minimum absolute atomic E-state index is 0.0631. The van der Waals surface area contributed by atoms with E-state index in [0.717, 1.165) is 25.1 Å². The molecule has 0 fully saturated rings. The van der Waals surface area contributed by atoms with E-state index in [2.05, 4.69) is 0 Å². The monoisotopic (exact) mass is 223 g/mol. The molecule has 0 radical (unpaired) electrons. The molecule has 0 spiro atoms. The van der Waals surface area contributed by atoms with Crippen LogP contribution in [0.1, 0.15) is 12.0 Å². The lowest BCUT2D eigenvalue weighted by Crippen LogP contribution is -2.37. The molecule has 86 valence electrons. The number of nitrogens with zero attached hydrogens (tertiary/aromatic N) is 1. The van der Waals surface area contributed by atoms with E-state index in [0.29, 0.717) is 0 Å². The smallest absolute Gasteiger partial charge is 0.340 e. The van der Waals surface area contributed by atoms with Crippen molar-refractivity contribution in [3.05, 3.63) is 29.8 Å². The Morgan fingerprint density at radius 2 is 2.25 bits per heavy atom. The highest BCUT2D eigenvalue weighted by Crippen LogP contribution is 2.26. The molecular weight excluding hydrogens is 209 g/mol. The van der Waals surface area contributed by atoms with Crippen LogP contribution in [0, 0.1) is 0 Å². The molecule has 0 bridgehead atoms. The minimum Gasteiger partial charge on any atom is -0.479 e. The van der Waals surface area contributed by atoms with E-state index in [1.807, 2.05) is 29.2 Å². The molecule has 16 heavy (non-hydrogen) atoms. The number of anilines is 1. The van der Waals surface area contributed by atoms with Crippen LogP contribution >= 0.6 is 0 Å². The summed E-state index contributed by atoms with van der Waals surface area (Å²) in [5, 5.41) is 8.56. The Balaban J connectivity index is 2.16. The second-order valence-corrected chi connectivity index (χ2v) is 3.98. The molecule has 1 unspecified atom stereocenters. The number of rotatable bonds is 3. The van der Waals surface area contributed by atoms with E-state index in [4.69, 9.17) is 5.11 Å². The number of aliphatic carboxylic acids is 1. The maximum Gasteiger partial charge on any atom is 0.340 e. The van der Waals surface area contributed by atoms with Crippen molar-refractivity contribution >= 4 is 11.7 Å². The zero-order valence-electron chi connectivity index (χ0n) is 8.90. The highest BCUT2D eigenvalue weighted by Gasteiger charge is 2.23. The number of para-hydroxylation sites is 1. The molecule has 1 heterocycles. The second kappa shape index (κ2) is 4.51. The fraction of sp³-hybridized carbons (Fsp3) is 0.417. The van der Waals surface area contributed by atoms with Gasteiger partial charge in [-0.2, -0.15) is 0 Å². The van der Waals surface area contributed by atoms with Crippen LogP contribution in [-0.2, 0) is 11.2 Å². The van der Waals surface area contributed by atoms with Gasteiger partial charge in [-0.15, -0.1) is 0 Å².